The summed E-state index contributed by atoms with van der Waals surface area (Å²) in [6.45, 7) is 5.30. The Morgan fingerprint density at radius 2 is 1.70 bits per heavy atom. The van der Waals surface area contributed by atoms with E-state index in [0.29, 0.717) is 5.56 Å². The number of carbonyl (C=O) groups is 1. The molecular formula is C17H18O5S. The van der Waals surface area contributed by atoms with Crippen LogP contribution in [0.5, 0.6) is 5.75 Å². The van der Waals surface area contributed by atoms with E-state index in [0.717, 1.165) is 11.1 Å². The fraction of sp³-hybridized carbons (Fsp3) is 0.235. The zero-order valence-corrected chi connectivity index (χ0v) is 14.2. The number of ether oxygens (including phenoxy) is 1. The van der Waals surface area contributed by atoms with Crippen molar-refractivity contribution < 1.29 is 22.1 Å². The van der Waals surface area contributed by atoms with Crippen LogP contribution in [0.25, 0.3) is 0 Å². The Morgan fingerprint density at radius 1 is 1.00 bits per heavy atom. The van der Waals surface area contributed by atoms with Gasteiger partial charge in [0.2, 0.25) is 0 Å². The van der Waals surface area contributed by atoms with Crippen LogP contribution in [0, 0.1) is 20.8 Å². The van der Waals surface area contributed by atoms with Crippen molar-refractivity contribution in [3.8, 4) is 5.75 Å². The van der Waals surface area contributed by atoms with E-state index in [-0.39, 0.29) is 16.2 Å². The van der Waals surface area contributed by atoms with Gasteiger partial charge in [0.15, 0.2) is 0 Å². The van der Waals surface area contributed by atoms with E-state index < -0.39 is 16.1 Å². The highest BCUT2D eigenvalue weighted by molar-refractivity contribution is 7.87. The molecule has 0 amide bonds. The average Bonchev–Trinajstić information content (AvgIpc) is 2.51. The Bertz CT molecular complexity index is 853. The zero-order valence-electron chi connectivity index (χ0n) is 13.4. The van der Waals surface area contributed by atoms with E-state index in [1.54, 1.807) is 32.0 Å². The van der Waals surface area contributed by atoms with Crippen LogP contribution < -0.4 is 4.18 Å². The minimum atomic E-state index is -4.06. The smallest absolute Gasteiger partial charge is 0.339 e. The van der Waals surface area contributed by atoms with Gasteiger partial charge in [0, 0.05) is 0 Å². The van der Waals surface area contributed by atoms with Gasteiger partial charge >= 0.3 is 16.1 Å². The number of benzene rings is 2. The zero-order chi connectivity index (χ0) is 17.2. The quantitative estimate of drug-likeness (QED) is 0.634. The van der Waals surface area contributed by atoms with Gasteiger partial charge in [-0.05, 0) is 55.7 Å². The van der Waals surface area contributed by atoms with Gasteiger partial charge in [-0.1, -0.05) is 18.2 Å². The molecule has 23 heavy (non-hydrogen) atoms. The van der Waals surface area contributed by atoms with E-state index in [4.69, 9.17) is 4.18 Å². The topological polar surface area (TPSA) is 69.7 Å². The van der Waals surface area contributed by atoms with Gasteiger partial charge in [0.05, 0.1) is 12.7 Å². The molecule has 5 nitrogen and oxygen atoms in total. The minimum absolute atomic E-state index is 0.0543. The molecule has 0 saturated carbocycles. The molecule has 2 aromatic rings. The predicted molar refractivity (Wildman–Crippen MR) is 86.2 cm³/mol. The molecule has 0 radical (unpaired) electrons. The molecule has 0 unspecified atom stereocenters. The summed E-state index contributed by atoms with van der Waals surface area (Å²) in [5.74, 6) is -0.332. The minimum Gasteiger partial charge on any atom is -0.465 e. The second kappa shape index (κ2) is 6.42. The van der Waals surface area contributed by atoms with Crippen LogP contribution in [-0.2, 0) is 14.9 Å². The second-order valence-corrected chi connectivity index (χ2v) is 6.72. The van der Waals surface area contributed by atoms with E-state index in [1.807, 2.05) is 13.0 Å². The van der Waals surface area contributed by atoms with Gasteiger partial charge in [0.1, 0.15) is 10.6 Å². The summed E-state index contributed by atoms with van der Waals surface area (Å²) < 4.78 is 35.0. The number of carbonyl (C=O) groups excluding carboxylic acids is 1. The molecule has 0 fully saturated rings. The monoisotopic (exact) mass is 334 g/mol. The summed E-state index contributed by atoms with van der Waals surface area (Å²) in [4.78, 5) is 11.5. The third kappa shape index (κ3) is 3.53. The van der Waals surface area contributed by atoms with E-state index in [2.05, 4.69) is 4.74 Å². The molecular weight excluding hydrogens is 316 g/mol. The Balaban J connectivity index is 2.47. The summed E-state index contributed by atoms with van der Waals surface area (Å²) in [6, 6.07) is 9.52. The molecule has 2 aromatic carbocycles. The Kier molecular flexibility index (Phi) is 4.75. The maximum absolute atomic E-state index is 12.6. The third-order valence-corrected chi connectivity index (χ3v) is 5.01. The highest BCUT2D eigenvalue weighted by atomic mass is 32.2. The largest absolute Gasteiger partial charge is 0.465 e. The molecule has 0 heterocycles. The van der Waals surface area contributed by atoms with E-state index in [9.17, 15) is 13.2 Å². The van der Waals surface area contributed by atoms with Crippen molar-refractivity contribution in [1.82, 2.24) is 0 Å². The van der Waals surface area contributed by atoms with Gasteiger partial charge < -0.3 is 8.92 Å². The first kappa shape index (κ1) is 17.0. The number of methoxy groups -OCH3 is 1. The highest BCUT2D eigenvalue weighted by Gasteiger charge is 2.22. The number of aryl methyl sites for hydroxylation is 2. The Hall–Kier alpha value is -2.34. The molecule has 0 aliphatic carbocycles. The maximum atomic E-state index is 12.6. The molecule has 6 heteroatoms. The van der Waals surface area contributed by atoms with Gasteiger partial charge in [-0.25, -0.2) is 4.79 Å². The molecule has 0 bridgehead atoms. The Labute approximate surface area is 136 Å². The van der Waals surface area contributed by atoms with Crippen molar-refractivity contribution in [2.24, 2.45) is 0 Å². The molecule has 0 saturated heterocycles. The van der Waals surface area contributed by atoms with Gasteiger partial charge in [-0.3, -0.25) is 0 Å². The van der Waals surface area contributed by atoms with Gasteiger partial charge in [-0.15, -0.1) is 0 Å². The normalized spacial score (nSPS) is 11.1. The van der Waals surface area contributed by atoms with E-state index in [1.165, 1.54) is 19.2 Å². The lowest BCUT2D eigenvalue weighted by Gasteiger charge is -2.13. The first-order valence-electron chi connectivity index (χ1n) is 6.96. The van der Waals surface area contributed by atoms with Crippen molar-refractivity contribution in [3.05, 3.63) is 58.7 Å². The van der Waals surface area contributed by atoms with Crippen molar-refractivity contribution in [3.63, 3.8) is 0 Å². The molecule has 0 aliphatic heterocycles. The number of esters is 1. The third-order valence-electron chi connectivity index (χ3n) is 3.63. The molecule has 0 spiro atoms. The van der Waals surface area contributed by atoms with Crippen LogP contribution in [0.1, 0.15) is 27.0 Å². The van der Waals surface area contributed by atoms with Crippen LogP contribution >= 0.6 is 0 Å². The average molecular weight is 334 g/mol. The standard InChI is InChI=1S/C17H18O5S/c1-11-6-5-7-15(13(11)3)22-23(19,20)16-10-14(17(18)21-4)9-8-12(16)2/h5-10H,1-4H3. The first-order chi connectivity index (χ1) is 10.8. The number of rotatable bonds is 4. The summed E-state index contributed by atoms with van der Waals surface area (Å²) in [7, 11) is -2.82. The van der Waals surface area contributed by atoms with Crippen LogP contribution in [0.4, 0.5) is 0 Å². The molecule has 122 valence electrons. The molecule has 0 aliphatic rings. The summed E-state index contributed by atoms with van der Waals surface area (Å²) in [5.41, 5.74) is 2.32. The molecule has 0 atom stereocenters. The summed E-state index contributed by atoms with van der Waals surface area (Å²) >= 11 is 0. The highest BCUT2D eigenvalue weighted by Crippen LogP contribution is 2.26. The maximum Gasteiger partial charge on any atom is 0.339 e. The van der Waals surface area contributed by atoms with Crippen LogP contribution in [-0.4, -0.2) is 21.5 Å². The van der Waals surface area contributed by atoms with Crippen molar-refractivity contribution in [2.75, 3.05) is 7.11 Å². The van der Waals surface area contributed by atoms with Gasteiger partial charge in [0.25, 0.3) is 0 Å². The van der Waals surface area contributed by atoms with E-state index >= 15 is 0 Å². The van der Waals surface area contributed by atoms with Gasteiger partial charge in [-0.2, -0.15) is 8.42 Å². The summed E-state index contributed by atoms with van der Waals surface area (Å²) in [6.07, 6.45) is 0. The lowest BCUT2D eigenvalue weighted by Crippen LogP contribution is -2.13. The number of hydrogen-bond acceptors (Lipinski definition) is 5. The fourth-order valence-electron chi connectivity index (χ4n) is 2.09. The second-order valence-electron chi connectivity index (χ2n) is 5.21. The summed E-state index contributed by atoms with van der Waals surface area (Å²) in [5, 5.41) is 0. The molecule has 0 aromatic heterocycles. The predicted octanol–water partition coefficient (Wildman–Crippen LogP) is 3.17. The van der Waals surface area contributed by atoms with Crippen LogP contribution in [0.15, 0.2) is 41.3 Å². The fourth-order valence-corrected chi connectivity index (χ4v) is 3.33. The first-order valence-corrected chi connectivity index (χ1v) is 8.37. The van der Waals surface area contributed by atoms with Crippen molar-refractivity contribution >= 4 is 16.1 Å². The molecule has 2 rings (SSSR count). The SMILES string of the molecule is COC(=O)c1ccc(C)c(S(=O)(=O)Oc2cccc(C)c2C)c1. The molecule has 0 N–H and O–H groups in total. The Morgan fingerprint density at radius 3 is 2.35 bits per heavy atom. The number of hydrogen-bond donors (Lipinski definition) is 0. The van der Waals surface area contributed by atoms with Crippen LogP contribution in [0.3, 0.4) is 0 Å². The van der Waals surface area contributed by atoms with Crippen LogP contribution in [0.2, 0.25) is 0 Å². The van der Waals surface area contributed by atoms with Crippen molar-refractivity contribution in [1.29, 1.82) is 0 Å². The lowest BCUT2D eigenvalue weighted by molar-refractivity contribution is 0.0600. The lowest BCUT2D eigenvalue weighted by atomic mass is 10.1. The van der Waals surface area contributed by atoms with Crippen molar-refractivity contribution in [2.45, 2.75) is 25.7 Å².